The van der Waals surface area contributed by atoms with Gasteiger partial charge in [0.2, 0.25) is 0 Å². The lowest BCUT2D eigenvalue weighted by Gasteiger charge is -2.10. The number of para-hydroxylation sites is 1. The van der Waals surface area contributed by atoms with E-state index in [-0.39, 0.29) is 5.38 Å². The highest BCUT2D eigenvalue weighted by Crippen LogP contribution is 2.28. The number of hydrogen-bond donors (Lipinski definition) is 0. The van der Waals surface area contributed by atoms with Gasteiger partial charge in [-0.3, -0.25) is 0 Å². The smallest absolute Gasteiger partial charge is 0.127 e. The normalized spacial score (nSPS) is 13.0. The number of alkyl halides is 1. The van der Waals surface area contributed by atoms with Crippen molar-refractivity contribution in [1.82, 2.24) is 9.55 Å². The topological polar surface area (TPSA) is 27.1 Å². The zero-order valence-corrected chi connectivity index (χ0v) is 13.4. The zero-order chi connectivity index (χ0) is 14.5. The molecule has 1 aromatic heterocycles. The molecule has 0 N–H and O–H groups in total. The molecule has 1 aromatic carbocycles. The Hall–Kier alpha value is -0.770. The van der Waals surface area contributed by atoms with Crippen molar-refractivity contribution in [1.29, 1.82) is 0 Å². The van der Waals surface area contributed by atoms with E-state index in [1.807, 2.05) is 25.1 Å². The van der Waals surface area contributed by atoms with Crippen molar-refractivity contribution in [2.75, 3.05) is 13.2 Å². The molecule has 0 bridgehead atoms. The number of fused-ring (bicyclic) bond motifs is 1. The summed E-state index contributed by atoms with van der Waals surface area (Å²) in [6.45, 7) is 6.45. The number of aryl methyl sites for hydroxylation is 1. The Morgan fingerprint density at radius 1 is 1.35 bits per heavy atom. The lowest BCUT2D eigenvalue weighted by Crippen LogP contribution is -2.07. The number of aromatic nitrogens is 2. The second-order valence-electron chi connectivity index (χ2n) is 4.81. The van der Waals surface area contributed by atoms with Gasteiger partial charge in [-0.05, 0) is 31.9 Å². The molecule has 0 saturated heterocycles. The first kappa shape index (κ1) is 15.6. The molecule has 110 valence electrons. The SMILES string of the molecule is CCCOCCCn1c(C(C)Cl)nc2c(Cl)cccc21. The molecular weight excluding hydrogens is 295 g/mol. The number of ether oxygens (including phenoxy) is 1. The van der Waals surface area contributed by atoms with Gasteiger partial charge in [-0.25, -0.2) is 4.98 Å². The summed E-state index contributed by atoms with van der Waals surface area (Å²) in [4.78, 5) is 4.59. The second-order valence-corrected chi connectivity index (χ2v) is 5.87. The minimum Gasteiger partial charge on any atom is -0.381 e. The van der Waals surface area contributed by atoms with Crippen LogP contribution in [0.25, 0.3) is 11.0 Å². The second kappa shape index (κ2) is 7.30. The highest BCUT2D eigenvalue weighted by molar-refractivity contribution is 6.35. The van der Waals surface area contributed by atoms with E-state index in [0.717, 1.165) is 49.5 Å². The summed E-state index contributed by atoms with van der Waals surface area (Å²) >= 11 is 12.4. The van der Waals surface area contributed by atoms with Crippen LogP contribution in [0.2, 0.25) is 5.02 Å². The fourth-order valence-electron chi connectivity index (χ4n) is 2.24. The molecule has 5 heteroatoms. The number of imidazole rings is 1. The number of hydrogen-bond acceptors (Lipinski definition) is 2. The summed E-state index contributed by atoms with van der Waals surface area (Å²) in [5, 5.41) is 0.525. The molecule has 0 aliphatic carbocycles. The monoisotopic (exact) mass is 314 g/mol. The van der Waals surface area contributed by atoms with Gasteiger partial charge in [0.05, 0.1) is 15.9 Å². The molecule has 0 aliphatic rings. The van der Waals surface area contributed by atoms with Gasteiger partial charge in [0, 0.05) is 19.8 Å². The predicted molar refractivity (Wildman–Crippen MR) is 84.7 cm³/mol. The lowest BCUT2D eigenvalue weighted by molar-refractivity contribution is 0.129. The van der Waals surface area contributed by atoms with Crippen LogP contribution in [0.5, 0.6) is 0 Å². The van der Waals surface area contributed by atoms with Crippen LogP contribution >= 0.6 is 23.2 Å². The van der Waals surface area contributed by atoms with Gasteiger partial charge in [0.25, 0.3) is 0 Å². The molecule has 0 saturated carbocycles. The minimum absolute atomic E-state index is 0.143. The molecule has 0 amide bonds. The Morgan fingerprint density at radius 3 is 2.85 bits per heavy atom. The average Bonchev–Trinajstić information content (AvgIpc) is 2.79. The van der Waals surface area contributed by atoms with Crippen molar-refractivity contribution < 1.29 is 4.74 Å². The van der Waals surface area contributed by atoms with E-state index in [9.17, 15) is 0 Å². The number of nitrogens with zero attached hydrogens (tertiary/aromatic N) is 2. The molecular formula is C15H20Cl2N2O. The van der Waals surface area contributed by atoms with Crippen LogP contribution in [0.4, 0.5) is 0 Å². The molecule has 0 radical (unpaired) electrons. The molecule has 1 unspecified atom stereocenters. The number of rotatable bonds is 7. The van der Waals surface area contributed by atoms with E-state index >= 15 is 0 Å². The molecule has 0 aliphatic heterocycles. The van der Waals surface area contributed by atoms with Crippen molar-refractivity contribution in [3.8, 4) is 0 Å². The molecule has 1 atom stereocenters. The lowest BCUT2D eigenvalue weighted by atomic mass is 10.3. The van der Waals surface area contributed by atoms with E-state index in [2.05, 4.69) is 16.5 Å². The number of benzene rings is 1. The quantitative estimate of drug-likeness (QED) is 0.542. The first-order valence-corrected chi connectivity index (χ1v) is 7.83. The summed E-state index contributed by atoms with van der Waals surface area (Å²) < 4.78 is 7.67. The molecule has 0 fully saturated rings. The summed E-state index contributed by atoms with van der Waals surface area (Å²) in [6.07, 6.45) is 1.99. The van der Waals surface area contributed by atoms with Gasteiger partial charge in [0.15, 0.2) is 0 Å². The first-order chi connectivity index (χ1) is 9.65. The Balaban J connectivity index is 2.21. The maximum atomic E-state index is 6.24. The van der Waals surface area contributed by atoms with Gasteiger partial charge in [-0.2, -0.15) is 0 Å². The Morgan fingerprint density at radius 2 is 2.15 bits per heavy atom. The fourth-order valence-corrected chi connectivity index (χ4v) is 2.62. The van der Waals surface area contributed by atoms with Gasteiger partial charge >= 0.3 is 0 Å². The third-order valence-electron chi connectivity index (χ3n) is 3.13. The third-order valence-corrected chi connectivity index (χ3v) is 3.63. The van der Waals surface area contributed by atoms with E-state index in [1.54, 1.807) is 0 Å². The summed E-state index contributed by atoms with van der Waals surface area (Å²) in [7, 11) is 0. The maximum absolute atomic E-state index is 6.24. The van der Waals surface area contributed by atoms with Gasteiger partial charge < -0.3 is 9.30 Å². The van der Waals surface area contributed by atoms with E-state index in [4.69, 9.17) is 27.9 Å². The van der Waals surface area contributed by atoms with Crippen molar-refractivity contribution >= 4 is 34.2 Å². The van der Waals surface area contributed by atoms with Crippen molar-refractivity contribution in [2.24, 2.45) is 0 Å². The third kappa shape index (κ3) is 3.46. The van der Waals surface area contributed by atoms with Crippen molar-refractivity contribution in [3.05, 3.63) is 29.0 Å². The van der Waals surface area contributed by atoms with Gasteiger partial charge in [-0.1, -0.05) is 24.6 Å². The van der Waals surface area contributed by atoms with Crippen LogP contribution in [0, 0.1) is 0 Å². The summed E-state index contributed by atoms with van der Waals surface area (Å²) in [6, 6.07) is 5.83. The van der Waals surface area contributed by atoms with Crippen LogP contribution in [0.15, 0.2) is 18.2 Å². The van der Waals surface area contributed by atoms with E-state index < -0.39 is 0 Å². The molecule has 20 heavy (non-hydrogen) atoms. The predicted octanol–water partition coefficient (Wildman–Crippen LogP) is 4.81. The Bertz CT molecular complexity index is 566. The number of halogens is 2. The van der Waals surface area contributed by atoms with Crippen LogP contribution in [0.3, 0.4) is 0 Å². The highest BCUT2D eigenvalue weighted by atomic mass is 35.5. The first-order valence-electron chi connectivity index (χ1n) is 7.01. The van der Waals surface area contributed by atoms with Gasteiger partial charge in [0.1, 0.15) is 11.3 Å². The van der Waals surface area contributed by atoms with Crippen molar-refractivity contribution in [3.63, 3.8) is 0 Å². The highest BCUT2D eigenvalue weighted by Gasteiger charge is 2.16. The van der Waals surface area contributed by atoms with Crippen LogP contribution in [-0.4, -0.2) is 22.8 Å². The van der Waals surface area contributed by atoms with Crippen molar-refractivity contribution in [2.45, 2.75) is 38.6 Å². The largest absolute Gasteiger partial charge is 0.381 e. The molecule has 3 nitrogen and oxygen atoms in total. The minimum atomic E-state index is -0.143. The molecule has 2 aromatic rings. The fraction of sp³-hybridized carbons (Fsp3) is 0.533. The Labute approximate surface area is 129 Å². The van der Waals surface area contributed by atoms with Crippen LogP contribution < -0.4 is 0 Å². The summed E-state index contributed by atoms with van der Waals surface area (Å²) in [5.74, 6) is 0.866. The molecule has 0 spiro atoms. The maximum Gasteiger partial charge on any atom is 0.127 e. The van der Waals surface area contributed by atoms with Crippen LogP contribution in [-0.2, 0) is 11.3 Å². The molecule has 1 heterocycles. The Kier molecular flexibility index (Phi) is 5.70. The average molecular weight is 315 g/mol. The zero-order valence-electron chi connectivity index (χ0n) is 11.9. The van der Waals surface area contributed by atoms with E-state index in [1.165, 1.54) is 0 Å². The van der Waals surface area contributed by atoms with Crippen LogP contribution in [0.1, 0.15) is 37.9 Å². The molecule has 2 rings (SSSR count). The van der Waals surface area contributed by atoms with E-state index in [0.29, 0.717) is 5.02 Å². The summed E-state index contributed by atoms with van der Waals surface area (Å²) in [5.41, 5.74) is 1.86. The van der Waals surface area contributed by atoms with Gasteiger partial charge in [-0.15, -0.1) is 11.6 Å². The standard InChI is InChI=1S/C15H20Cl2N2O/c1-3-9-20-10-5-8-19-13-7-4-6-12(17)14(13)18-15(19)11(2)16/h4,6-7,11H,3,5,8-10H2,1-2H3.